The van der Waals surface area contributed by atoms with E-state index in [9.17, 15) is 10.1 Å². The minimum Gasteiger partial charge on any atom is -0.479 e. The highest BCUT2D eigenvalue weighted by Crippen LogP contribution is 2.23. The smallest absolute Gasteiger partial charge is 0.406 e. The van der Waals surface area contributed by atoms with E-state index in [1.54, 1.807) is 19.2 Å². The van der Waals surface area contributed by atoms with Gasteiger partial charge in [0, 0.05) is 7.05 Å². The van der Waals surface area contributed by atoms with Crippen molar-refractivity contribution in [3.63, 3.8) is 0 Å². The van der Waals surface area contributed by atoms with E-state index in [4.69, 9.17) is 4.74 Å². The first-order chi connectivity index (χ1) is 9.20. The van der Waals surface area contributed by atoms with Gasteiger partial charge in [-0.2, -0.15) is 0 Å². The molecule has 0 fully saturated rings. The molecule has 0 aliphatic rings. The van der Waals surface area contributed by atoms with E-state index in [0.29, 0.717) is 11.5 Å². The van der Waals surface area contributed by atoms with Gasteiger partial charge in [-0.15, -0.1) is 0 Å². The average molecular weight is 260 g/mol. The predicted molar refractivity (Wildman–Crippen MR) is 69.0 cm³/mol. The fourth-order valence-electron chi connectivity index (χ4n) is 1.48. The molecule has 0 aliphatic carbocycles. The monoisotopic (exact) mass is 260 g/mol. The van der Waals surface area contributed by atoms with Gasteiger partial charge < -0.3 is 20.2 Å². The van der Waals surface area contributed by atoms with Gasteiger partial charge >= 0.3 is 5.82 Å². The molecular formula is C12H12N4O3. The van der Waals surface area contributed by atoms with Crippen molar-refractivity contribution in [2.24, 2.45) is 0 Å². The molecule has 2 aromatic heterocycles. The number of ether oxygens (including phenoxy) is 1. The molecule has 7 heteroatoms. The Labute approximate surface area is 109 Å². The summed E-state index contributed by atoms with van der Waals surface area (Å²) in [6.07, 6.45) is 1.35. The third-order valence-corrected chi connectivity index (χ3v) is 2.36. The first kappa shape index (κ1) is 12.7. The van der Waals surface area contributed by atoms with Crippen molar-refractivity contribution in [3.05, 3.63) is 52.3 Å². The molecule has 2 rings (SSSR count). The lowest BCUT2D eigenvalue weighted by Gasteiger charge is -2.06. The number of nitrogens with zero attached hydrogens (tertiary/aromatic N) is 3. The average Bonchev–Trinajstić information content (AvgIpc) is 2.45. The van der Waals surface area contributed by atoms with Crippen molar-refractivity contribution >= 4 is 11.6 Å². The van der Waals surface area contributed by atoms with Crippen LogP contribution in [-0.2, 0) is 6.61 Å². The Morgan fingerprint density at radius 3 is 2.95 bits per heavy atom. The van der Waals surface area contributed by atoms with Crippen LogP contribution >= 0.6 is 0 Å². The van der Waals surface area contributed by atoms with Gasteiger partial charge in [0.15, 0.2) is 0 Å². The standard InChI is InChI=1S/C12H12N4O3/c1-13-11-6-2-4-9(15-11)8-19-10-5-3-7-14-12(10)16(17)18/h2-7H,8H2,1H3,(H,13,15). The number of anilines is 1. The number of nitro groups is 1. The van der Waals surface area contributed by atoms with E-state index in [1.165, 1.54) is 12.3 Å². The molecule has 1 N–H and O–H groups in total. The molecule has 0 radical (unpaired) electrons. The molecule has 19 heavy (non-hydrogen) atoms. The lowest BCUT2D eigenvalue weighted by molar-refractivity contribution is -0.390. The third kappa shape index (κ3) is 3.15. The highest BCUT2D eigenvalue weighted by molar-refractivity contribution is 5.39. The second-order valence-corrected chi connectivity index (χ2v) is 3.64. The highest BCUT2D eigenvalue weighted by atomic mass is 16.6. The lowest BCUT2D eigenvalue weighted by atomic mass is 10.3. The van der Waals surface area contributed by atoms with Gasteiger partial charge in [0.05, 0.1) is 5.69 Å². The van der Waals surface area contributed by atoms with Gasteiger partial charge in [0.2, 0.25) is 5.75 Å². The van der Waals surface area contributed by atoms with Crippen LogP contribution < -0.4 is 10.1 Å². The highest BCUT2D eigenvalue weighted by Gasteiger charge is 2.15. The van der Waals surface area contributed by atoms with Gasteiger partial charge in [0.25, 0.3) is 0 Å². The molecular weight excluding hydrogens is 248 g/mol. The number of pyridine rings is 2. The second kappa shape index (κ2) is 5.76. The third-order valence-electron chi connectivity index (χ3n) is 2.36. The van der Waals surface area contributed by atoms with Crippen molar-refractivity contribution in [1.82, 2.24) is 9.97 Å². The van der Waals surface area contributed by atoms with Crippen LogP contribution in [0.2, 0.25) is 0 Å². The molecule has 0 aliphatic heterocycles. The predicted octanol–water partition coefficient (Wildman–Crippen LogP) is 2.01. The zero-order valence-corrected chi connectivity index (χ0v) is 10.2. The molecule has 7 nitrogen and oxygen atoms in total. The van der Waals surface area contributed by atoms with E-state index in [0.717, 1.165) is 0 Å². The Hall–Kier alpha value is -2.70. The van der Waals surface area contributed by atoms with Crippen LogP contribution in [0.4, 0.5) is 11.6 Å². The van der Waals surface area contributed by atoms with E-state index < -0.39 is 4.92 Å². The van der Waals surface area contributed by atoms with Gasteiger partial charge in [-0.3, -0.25) is 0 Å². The number of rotatable bonds is 5. The number of hydrogen-bond acceptors (Lipinski definition) is 6. The Bertz CT molecular complexity index is 589. The van der Waals surface area contributed by atoms with Gasteiger partial charge in [-0.1, -0.05) is 6.07 Å². The summed E-state index contributed by atoms with van der Waals surface area (Å²) in [7, 11) is 1.76. The molecule has 0 atom stereocenters. The Morgan fingerprint density at radius 2 is 2.21 bits per heavy atom. The Morgan fingerprint density at radius 1 is 1.37 bits per heavy atom. The van der Waals surface area contributed by atoms with Crippen molar-refractivity contribution in [2.45, 2.75) is 6.61 Å². The van der Waals surface area contributed by atoms with Crippen LogP contribution in [0.3, 0.4) is 0 Å². The largest absolute Gasteiger partial charge is 0.479 e. The van der Waals surface area contributed by atoms with E-state index >= 15 is 0 Å². The van der Waals surface area contributed by atoms with Crippen LogP contribution in [0.5, 0.6) is 5.75 Å². The molecule has 98 valence electrons. The zero-order chi connectivity index (χ0) is 13.7. The van der Waals surface area contributed by atoms with Crippen LogP contribution in [0.1, 0.15) is 5.69 Å². The molecule has 2 heterocycles. The topological polar surface area (TPSA) is 90.2 Å². The van der Waals surface area contributed by atoms with Crippen molar-refractivity contribution in [2.75, 3.05) is 12.4 Å². The zero-order valence-electron chi connectivity index (χ0n) is 10.2. The van der Waals surface area contributed by atoms with Gasteiger partial charge in [-0.05, 0) is 34.2 Å². The van der Waals surface area contributed by atoms with Crippen LogP contribution in [0.25, 0.3) is 0 Å². The van der Waals surface area contributed by atoms with Crippen molar-refractivity contribution in [3.8, 4) is 5.75 Å². The number of hydrogen-bond donors (Lipinski definition) is 1. The van der Waals surface area contributed by atoms with Gasteiger partial charge in [-0.25, -0.2) is 4.98 Å². The second-order valence-electron chi connectivity index (χ2n) is 3.64. The Kier molecular flexibility index (Phi) is 3.87. The summed E-state index contributed by atoms with van der Waals surface area (Å²) >= 11 is 0. The van der Waals surface area contributed by atoms with Crippen molar-refractivity contribution < 1.29 is 9.66 Å². The minimum atomic E-state index is -0.577. The fraction of sp³-hybridized carbons (Fsp3) is 0.167. The van der Waals surface area contributed by atoms with Crippen LogP contribution in [0, 0.1) is 10.1 Å². The molecule has 2 aromatic rings. The summed E-state index contributed by atoms with van der Waals surface area (Å²) in [5, 5.41) is 13.7. The minimum absolute atomic E-state index is 0.129. The lowest BCUT2D eigenvalue weighted by Crippen LogP contribution is -2.03. The number of aromatic nitrogens is 2. The summed E-state index contributed by atoms with van der Waals surface area (Å²) in [6.45, 7) is 0.141. The maximum atomic E-state index is 10.8. The van der Waals surface area contributed by atoms with Crippen molar-refractivity contribution in [1.29, 1.82) is 0 Å². The molecule has 0 spiro atoms. The number of nitrogens with one attached hydrogen (secondary N) is 1. The van der Waals surface area contributed by atoms with Crippen LogP contribution in [0.15, 0.2) is 36.5 Å². The summed E-state index contributed by atoms with van der Waals surface area (Å²) in [5.74, 6) is 0.540. The fourth-order valence-corrected chi connectivity index (χ4v) is 1.48. The SMILES string of the molecule is CNc1cccc(COc2cccnc2[N+](=O)[O-])n1. The molecule has 0 amide bonds. The molecule has 0 aromatic carbocycles. The first-order valence-electron chi connectivity index (χ1n) is 5.56. The quantitative estimate of drug-likeness (QED) is 0.653. The molecule has 0 bridgehead atoms. The summed E-state index contributed by atoms with van der Waals surface area (Å²) in [4.78, 5) is 18.1. The van der Waals surface area contributed by atoms with E-state index in [1.807, 2.05) is 12.1 Å². The maximum absolute atomic E-state index is 10.8. The van der Waals surface area contributed by atoms with E-state index in [-0.39, 0.29) is 18.2 Å². The summed E-state index contributed by atoms with van der Waals surface area (Å²) < 4.78 is 5.39. The van der Waals surface area contributed by atoms with E-state index in [2.05, 4.69) is 15.3 Å². The van der Waals surface area contributed by atoms with Crippen LogP contribution in [-0.4, -0.2) is 21.9 Å². The molecule has 0 unspecified atom stereocenters. The Balaban J connectivity index is 2.12. The molecule has 0 saturated carbocycles. The maximum Gasteiger partial charge on any atom is 0.406 e. The summed E-state index contributed by atoms with van der Waals surface area (Å²) in [5.41, 5.74) is 0.671. The first-order valence-corrected chi connectivity index (χ1v) is 5.56. The molecule has 0 saturated heterocycles. The summed E-state index contributed by atoms with van der Waals surface area (Å²) in [6, 6.07) is 8.51. The van der Waals surface area contributed by atoms with Gasteiger partial charge in [0.1, 0.15) is 18.6 Å². The normalized spacial score (nSPS) is 9.95.